The van der Waals surface area contributed by atoms with Crippen LogP contribution in [0.2, 0.25) is 0 Å². The molecule has 0 atom stereocenters. The van der Waals surface area contributed by atoms with Crippen molar-refractivity contribution in [3.63, 3.8) is 0 Å². The summed E-state index contributed by atoms with van der Waals surface area (Å²) in [5, 5.41) is 3.14. The Morgan fingerprint density at radius 3 is 2.33 bits per heavy atom. The van der Waals surface area contributed by atoms with Crippen molar-refractivity contribution in [1.82, 2.24) is 5.32 Å². The summed E-state index contributed by atoms with van der Waals surface area (Å²) in [6, 6.07) is 5.74. The van der Waals surface area contributed by atoms with Gasteiger partial charge >= 0.3 is 0 Å². The van der Waals surface area contributed by atoms with E-state index in [9.17, 15) is 4.79 Å². The number of ether oxygens (including phenoxy) is 2. The molecule has 148 valence electrons. The van der Waals surface area contributed by atoms with Crippen LogP contribution in [0.1, 0.15) is 37.7 Å². The van der Waals surface area contributed by atoms with Gasteiger partial charge in [0.2, 0.25) is 5.91 Å². The van der Waals surface area contributed by atoms with Gasteiger partial charge in [0.05, 0.1) is 6.42 Å². The van der Waals surface area contributed by atoms with Crippen LogP contribution >= 0.6 is 12.4 Å². The average molecular weight is 393 g/mol. The Hall–Kier alpha value is -1.46. The van der Waals surface area contributed by atoms with Crippen LogP contribution < -0.4 is 20.5 Å². The molecule has 6 heteroatoms. The predicted molar refractivity (Wildman–Crippen MR) is 105 cm³/mol. The van der Waals surface area contributed by atoms with Crippen LogP contribution in [-0.2, 0) is 11.2 Å². The van der Waals surface area contributed by atoms with Crippen molar-refractivity contribution < 1.29 is 14.3 Å². The smallest absolute Gasteiger partial charge is 0.224 e. The Balaban J connectivity index is 0.00000180. The molecule has 0 radical (unpaired) electrons. The molecule has 1 aliphatic heterocycles. The van der Waals surface area contributed by atoms with Crippen LogP contribution in [0.3, 0.4) is 0 Å². The third kappa shape index (κ3) is 3.40. The van der Waals surface area contributed by atoms with Gasteiger partial charge in [0.1, 0.15) is 13.2 Å². The van der Waals surface area contributed by atoms with Crippen LogP contribution in [0.15, 0.2) is 18.2 Å². The maximum atomic E-state index is 12.5. The predicted octanol–water partition coefficient (Wildman–Crippen LogP) is 2.69. The van der Waals surface area contributed by atoms with Crippen LogP contribution in [0.25, 0.3) is 0 Å². The zero-order valence-corrected chi connectivity index (χ0v) is 16.4. The molecule has 4 fully saturated rings. The van der Waals surface area contributed by atoms with E-state index < -0.39 is 0 Å². The minimum atomic E-state index is -0.199. The molecule has 0 saturated heterocycles. The normalized spacial score (nSPS) is 35.4. The SMILES string of the molecule is Cl.NC1(CNC(=O)Cc2ccc3c(c2)OCCO3)C2CC3CC(C2)CC1C3. The molecule has 5 nitrogen and oxygen atoms in total. The second kappa shape index (κ2) is 7.17. The van der Waals surface area contributed by atoms with E-state index in [0.717, 1.165) is 28.9 Å². The summed E-state index contributed by atoms with van der Waals surface area (Å²) >= 11 is 0. The summed E-state index contributed by atoms with van der Waals surface area (Å²) in [4.78, 5) is 12.5. The number of fused-ring (bicyclic) bond motifs is 1. The molecular formula is C21H29ClN2O3. The molecule has 5 aliphatic rings. The molecular weight excluding hydrogens is 364 g/mol. The molecule has 0 unspecified atom stereocenters. The maximum absolute atomic E-state index is 12.5. The first-order valence-corrected chi connectivity index (χ1v) is 10.0. The Bertz CT molecular complexity index is 695. The molecule has 4 aliphatic carbocycles. The molecule has 3 N–H and O–H groups in total. The minimum Gasteiger partial charge on any atom is -0.486 e. The van der Waals surface area contributed by atoms with Crippen LogP contribution in [-0.4, -0.2) is 31.2 Å². The number of amides is 1. The van der Waals surface area contributed by atoms with Crippen molar-refractivity contribution in [2.24, 2.45) is 29.4 Å². The number of halogens is 1. The lowest BCUT2D eigenvalue weighted by molar-refractivity contribution is -0.122. The molecule has 6 rings (SSSR count). The summed E-state index contributed by atoms with van der Waals surface area (Å²) in [5.74, 6) is 4.50. The Morgan fingerprint density at radius 2 is 1.67 bits per heavy atom. The molecule has 1 heterocycles. The fourth-order valence-electron chi connectivity index (χ4n) is 6.05. The maximum Gasteiger partial charge on any atom is 0.224 e. The molecule has 1 amide bonds. The van der Waals surface area contributed by atoms with Crippen molar-refractivity contribution in [1.29, 1.82) is 0 Å². The topological polar surface area (TPSA) is 73.6 Å². The Kier molecular flexibility index (Phi) is 5.02. The summed E-state index contributed by atoms with van der Waals surface area (Å²) in [6.07, 6.45) is 6.83. The summed E-state index contributed by atoms with van der Waals surface area (Å²) in [6.45, 7) is 1.75. The highest BCUT2D eigenvalue weighted by molar-refractivity contribution is 5.85. The molecule has 4 bridgehead atoms. The Morgan fingerprint density at radius 1 is 1.04 bits per heavy atom. The first-order chi connectivity index (χ1) is 12.6. The second-order valence-corrected chi connectivity index (χ2v) is 8.85. The third-order valence-electron chi connectivity index (χ3n) is 7.22. The van der Waals surface area contributed by atoms with Gasteiger partial charge in [-0.2, -0.15) is 0 Å². The van der Waals surface area contributed by atoms with Crippen molar-refractivity contribution in [3.8, 4) is 11.5 Å². The van der Waals surface area contributed by atoms with Gasteiger partial charge in [-0.25, -0.2) is 0 Å². The minimum absolute atomic E-state index is 0. The average Bonchev–Trinajstić information content (AvgIpc) is 2.64. The van der Waals surface area contributed by atoms with E-state index >= 15 is 0 Å². The number of benzene rings is 1. The number of nitrogens with one attached hydrogen (secondary N) is 1. The van der Waals surface area contributed by atoms with Gasteiger partial charge in [0.25, 0.3) is 0 Å². The van der Waals surface area contributed by atoms with E-state index in [1.807, 2.05) is 18.2 Å². The summed E-state index contributed by atoms with van der Waals surface area (Å²) < 4.78 is 11.1. The number of carbonyl (C=O) groups is 1. The van der Waals surface area contributed by atoms with E-state index in [0.29, 0.717) is 38.0 Å². The molecule has 1 aromatic carbocycles. The molecule has 0 aromatic heterocycles. The second-order valence-electron chi connectivity index (χ2n) is 8.85. The monoisotopic (exact) mass is 392 g/mol. The van der Waals surface area contributed by atoms with Crippen molar-refractivity contribution >= 4 is 18.3 Å². The fourth-order valence-corrected chi connectivity index (χ4v) is 6.05. The zero-order valence-electron chi connectivity index (χ0n) is 15.6. The van der Waals surface area contributed by atoms with Crippen molar-refractivity contribution in [2.75, 3.05) is 19.8 Å². The van der Waals surface area contributed by atoms with E-state index in [-0.39, 0.29) is 23.9 Å². The van der Waals surface area contributed by atoms with Gasteiger partial charge in [0.15, 0.2) is 11.5 Å². The highest BCUT2D eigenvalue weighted by Gasteiger charge is 2.55. The number of carbonyl (C=O) groups excluding carboxylic acids is 1. The van der Waals surface area contributed by atoms with Gasteiger partial charge in [-0.05, 0) is 73.5 Å². The van der Waals surface area contributed by atoms with Crippen molar-refractivity contribution in [2.45, 2.75) is 44.1 Å². The third-order valence-corrected chi connectivity index (χ3v) is 7.22. The number of rotatable bonds is 4. The molecule has 0 spiro atoms. The van der Waals surface area contributed by atoms with Gasteiger partial charge in [-0.15, -0.1) is 12.4 Å². The first-order valence-electron chi connectivity index (χ1n) is 10.0. The standard InChI is InChI=1S/C21H28N2O3.ClH/c22-21(16-6-14-5-15(8-16)9-17(21)7-14)12-23-20(24)11-13-1-2-18-19(10-13)26-4-3-25-18;/h1-2,10,14-17H,3-9,11-12,22H2,(H,23,24);1H. The zero-order chi connectivity index (χ0) is 17.7. The number of hydrogen-bond donors (Lipinski definition) is 2. The van der Waals surface area contributed by atoms with Gasteiger partial charge in [-0.3, -0.25) is 4.79 Å². The van der Waals surface area contributed by atoms with Gasteiger partial charge < -0.3 is 20.5 Å². The van der Waals surface area contributed by atoms with Crippen LogP contribution in [0.5, 0.6) is 11.5 Å². The van der Waals surface area contributed by atoms with E-state index in [1.165, 1.54) is 32.1 Å². The molecule has 1 aromatic rings. The fraction of sp³-hybridized carbons (Fsp3) is 0.667. The number of nitrogens with two attached hydrogens (primary N) is 1. The first kappa shape index (κ1) is 18.9. The quantitative estimate of drug-likeness (QED) is 0.826. The highest BCUT2D eigenvalue weighted by atomic mass is 35.5. The molecule has 4 saturated carbocycles. The molecule has 27 heavy (non-hydrogen) atoms. The van der Waals surface area contributed by atoms with Gasteiger partial charge in [-0.1, -0.05) is 6.07 Å². The Labute approximate surface area is 166 Å². The highest BCUT2D eigenvalue weighted by Crippen LogP contribution is 2.57. The lowest BCUT2D eigenvalue weighted by Gasteiger charge is -2.59. The van der Waals surface area contributed by atoms with Gasteiger partial charge in [0, 0.05) is 12.1 Å². The van der Waals surface area contributed by atoms with E-state index in [1.54, 1.807) is 0 Å². The lowest BCUT2D eigenvalue weighted by Crippen LogP contribution is -2.67. The van der Waals surface area contributed by atoms with Crippen LogP contribution in [0.4, 0.5) is 0 Å². The lowest BCUT2D eigenvalue weighted by atomic mass is 9.49. The number of hydrogen-bond acceptors (Lipinski definition) is 4. The van der Waals surface area contributed by atoms with E-state index in [2.05, 4.69) is 5.32 Å². The van der Waals surface area contributed by atoms with Crippen molar-refractivity contribution in [3.05, 3.63) is 23.8 Å². The summed E-state index contributed by atoms with van der Waals surface area (Å²) in [7, 11) is 0. The van der Waals surface area contributed by atoms with Crippen LogP contribution in [0, 0.1) is 23.7 Å². The van der Waals surface area contributed by atoms with E-state index in [4.69, 9.17) is 15.2 Å². The largest absolute Gasteiger partial charge is 0.486 e. The summed E-state index contributed by atoms with van der Waals surface area (Å²) in [5.41, 5.74) is 7.62.